The van der Waals surface area contributed by atoms with Crippen LogP contribution in [0.1, 0.15) is 13.3 Å². The Bertz CT molecular complexity index is 147. The molecule has 3 N–H and O–H groups in total. The van der Waals surface area contributed by atoms with E-state index in [9.17, 15) is 9.59 Å². The summed E-state index contributed by atoms with van der Waals surface area (Å²) in [5.41, 5.74) is -2.62. The second-order valence-corrected chi connectivity index (χ2v) is 1.82. The number of carboxylic acid groups (broad SMARTS) is 2. The Morgan fingerprint density at radius 2 is 1.60 bits per heavy atom. The minimum absolute atomic E-state index is 0.350. The van der Waals surface area contributed by atoms with Gasteiger partial charge in [0, 0.05) is 0 Å². The summed E-state index contributed by atoms with van der Waals surface area (Å²) in [6.07, 6.45) is -0.350. The molecule has 0 aromatic rings. The van der Waals surface area contributed by atoms with Crippen molar-refractivity contribution in [3.8, 4) is 0 Å². The summed E-state index contributed by atoms with van der Waals surface area (Å²) in [5.74, 6) is -3.47. The quantitative estimate of drug-likeness (QED) is 0.460. The fraction of sp³-hybridized carbons (Fsp3) is 0.600. The fourth-order valence-corrected chi connectivity index (χ4v) is 0.394. The number of carbonyl (C=O) groups is 2. The monoisotopic (exact) mass is 148 g/mol. The third-order valence-corrected chi connectivity index (χ3v) is 1.22. The smallest absolute Gasteiger partial charge is 0.347 e. The van der Waals surface area contributed by atoms with Crippen LogP contribution in [0.25, 0.3) is 0 Å². The van der Waals surface area contributed by atoms with E-state index in [2.05, 4.69) is 0 Å². The molecule has 0 aliphatic rings. The molecule has 0 heterocycles. The number of hydrogen-bond acceptors (Lipinski definition) is 3. The maximum atomic E-state index is 10.1. The third-order valence-electron chi connectivity index (χ3n) is 1.22. The predicted octanol–water partition coefficient (Wildman–Crippen LogP) is -0.703. The predicted molar refractivity (Wildman–Crippen MR) is 30.5 cm³/mol. The molecule has 0 amide bonds. The second-order valence-electron chi connectivity index (χ2n) is 1.82. The van der Waals surface area contributed by atoms with Crippen LogP contribution in [-0.4, -0.2) is 32.9 Å². The van der Waals surface area contributed by atoms with Gasteiger partial charge >= 0.3 is 11.9 Å². The third kappa shape index (κ3) is 1.24. The first-order valence-corrected chi connectivity index (χ1v) is 2.64. The average Bonchev–Trinajstić information content (AvgIpc) is 1.85. The van der Waals surface area contributed by atoms with Gasteiger partial charge in [0.2, 0.25) is 0 Å². The van der Waals surface area contributed by atoms with Crippen molar-refractivity contribution in [2.45, 2.75) is 18.9 Å². The van der Waals surface area contributed by atoms with Crippen molar-refractivity contribution in [3.05, 3.63) is 0 Å². The van der Waals surface area contributed by atoms with Gasteiger partial charge in [-0.05, 0) is 6.42 Å². The van der Waals surface area contributed by atoms with Gasteiger partial charge in [0.1, 0.15) is 0 Å². The summed E-state index contributed by atoms with van der Waals surface area (Å²) in [6.45, 7) is 1.28. The van der Waals surface area contributed by atoms with Crippen molar-refractivity contribution in [2.75, 3.05) is 0 Å². The first-order valence-electron chi connectivity index (χ1n) is 2.64. The van der Waals surface area contributed by atoms with Gasteiger partial charge in [-0.2, -0.15) is 0 Å². The summed E-state index contributed by atoms with van der Waals surface area (Å²) in [5, 5.41) is 25.1. The molecule has 0 fully saturated rings. The minimum Gasteiger partial charge on any atom is -0.479 e. The zero-order chi connectivity index (χ0) is 8.36. The summed E-state index contributed by atoms with van der Waals surface area (Å²) in [4.78, 5) is 20.1. The first-order chi connectivity index (χ1) is 4.45. The van der Waals surface area contributed by atoms with Crippen LogP contribution >= 0.6 is 0 Å². The van der Waals surface area contributed by atoms with E-state index in [4.69, 9.17) is 15.3 Å². The molecule has 0 saturated carbocycles. The van der Waals surface area contributed by atoms with Gasteiger partial charge in [0.25, 0.3) is 5.60 Å². The van der Waals surface area contributed by atoms with Crippen LogP contribution < -0.4 is 0 Å². The molecule has 0 rings (SSSR count). The zero-order valence-corrected chi connectivity index (χ0v) is 5.37. The van der Waals surface area contributed by atoms with E-state index >= 15 is 0 Å². The molecular formula is C5H8O5. The molecule has 0 saturated heterocycles. The molecule has 0 atom stereocenters. The summed E-state index contributed by atoms with van der Waals surface area (Å²) >= 11 is 0. The molecule has 0 bridgehead atoms. The Labute approximate surface area is 56.9 Å². The number of aliphatic hydroxyl groups is 1. The van der Waals surface area contributed by atoms with Crippen LogP contribution in [0, 0.1) is 0 Å². The Morgan fingerprint density at radius 1 is 1.30 bits per heavy atom. The SMILES string of the molecule is CCC(O)(C(=O)O)C(=O)O. The topological polar surface area (TPSA) is 94.8 Å². The lowest BCUT2D eigenvalue weighted by Crippen LogP contribution is -2.45. The number of rotatable bonds is 3. The van der Waals surface area contributed by atoms with E-state index in [1.165, 1.54) is 6.92 Å². The molecular weight excluding hydrogens is 140 g/mol. The number of aliphatic carboxylic acids is 2. The molecule has 0 aromatic heterocycles. The molecule has 0 unspecified atom stereocenters. The molecule has 0 aliphatic carbocycles. The Morgan fingerprint density at radius 3 is 1.60 bits per heavy atom. The molecule has 0 aliphatic heterocycles. The van der Waals surface area contributed by atoms with Gasteiger partial charge in [-0.25, -0.2) is 9.59 Å². The second kappa shape index (κ2) is 2.66. The van der Waals surface area contributed by atoms with Crippen molar-refractivity contribution < 1.29 is 24.9 Å². The number of carboxylic acids is 2. The zero-order valence-electron chi connectivity index (χ0n) is 5.37. The van der Waals surface area contributed by atoms with Crippen molar-refractivity contribution in [1.29, 1.82) is 0 Å². The van der Waals surface area contributed by atoms with E-state index in [0.29, 0.717) is 0 Å². The largest absolute Gasteiger partial charge is 0.479 e. The summed E-state index contributed by atoms with van der Waals surface area (Å²) < 4.78 is 0. The van der Waals surface area contributed by atoms with Gasteiger partial charge in [-0.15, -0.1) is 0 Å². The summed E-state index contributed by atoms with van der Waals surface area (Å²) in [6, 6.07) is 0. The highest BCUT2D eigenvalue weighted by Gasteiger charge is 2.42. The van der Waals surface area contributed by atoms with Gasteiger partial charge in [0.15, 0.2) is 0 Å². The maximum absolute atomic E-state index is 10.1. The number of hydrogen-bond donors (Lipinski definition) is 3. The summed E-state index contributed by atoms with van der Waals surface area (Å²) in [7, 11) is 0. The van der Waals surface area contributed by atoms with Crippen LogP contribution in [0.2, 0.25) is 0 Å². The van der Waals surface area contributed by atoms with E-state index in [-0.39, 0.29) is 6.42 Å². The molecule has 0 aromatic carbocycles. The lowest BCUT2D eigenvalue weighted by atomic mass is 10.0. The van der Waals surface area contributed by atoms with E-state index in [0.717, 1.165) is 0 Å². The molecule has 0 radical (unpaired) electrons. The molecule has 10 heavy (non-hydrogen) atoms. The molecule has 58 valence electrons. The lowest BCUT2D eigenvalue weighted by Gasteiger charge is -2.14. The molecule has 5 nitrogen and oxygen atoms in total. The van der Waals surface area contributed by atoms with Gasteiger partial charge in [-0.3, -0.25) is 0 Å². The van der Waals surface area contributed by atoms with Crippen LogP contribution in [0.3, 0.4) is 0 Å². The fourth-order valence-electron chi connectivity index (χ4n) is 0.394. The van der Waals surface area contributed by atoms with Crippen LogP contribution in [-0.2, 0) is 9.59 Å². The lowest BCUT2D eigenvalue weighted by molar-refractivity contribution is -0.176. The van der Waals surface area contributed by atoms with Crippen molar-refractivity contribution in [3.63, 3.8) is 0 Å². The highest BCUT2D eigenvalue weighted by Crippen LogP contribution is 2.09. The van der Waals surface area contributed by atoms with Crippen molar-refractivity contribution >= 4 is 11.9 Å². The van der Waals surface area contributed by atoms with Crippen LogP contribution in [0.5, 0.6) is 0 Å². The van der Waals surface area contributed by atoms with Gasteiger partial charge in [0.05, 0.1) is 0 Å². The van der Waals surface area contributed by atoms with E-state index in [1.807, 2.05) is 0 Å². The average molecular weight is 148 g/mol. The van der Waals surface area contributed by atoms with Crippen LogP contribution in [0.4, 0.5) is 0 Å². The normalized spacial score (nSPS) is 11.0. The van der Waals surface area contributed by atoms with Gasteiger partial charge < -0.3 is 15.3 Å². The standard InChI is InChI=1S/C5H8O5/c1-2-5(10,3(6)7)4(8)9/h10H,2H2,1H3,(H,6,7)(H,8,9). The van der Waals surface area contributed by atoms with Crippen molar-refractivity contribution in [1.82, 2.24) is 0 Å². The highest BCUT2D eigenvalue weighted by atomic mass is 16.4. The minimum atomic E-state index is -2.62. The highest BCUT2D eigenvalue weighted by molar-refractivity contribution is 6.01. The van der Waals surface area contributed by atoms with Crippen LogP contribution in [0.15, 0.2) is 0 Å². The Balaban J connectivity index is 4.55. The van der Waals surface area contributed by atoms with Gasteiger partial charge in [-0.1, -0.05) is 6.92 Å². The first kappa shape index (κ1) is 8.90. The molecule has 0 spiro atoms. The molecule has 5 heteroatoms. The van der Waals surface area contributed by atoms with E-state index in [1.54, 1.807) is 0 Å². The Hall–Kier alpha value is -1.10. The van der Waals surface area contributed by atoms with E-state index < -0.39 is 17.5 Å². The Kier molecular flexibility index (Phi) is 2.36. The maximum Gasteiger partial charge on any atom is 0.347 e. The van der Waals surface area contributed by atoms with Crippen molar-refractivity contribution in [2.24, 2.45) is 0 Å².